The van der Waals surface area contributed by atoms with E-state index in [0.717, 1.165) is 60.2 Å². The predicted octanol–water partition coefficient (Wildman–Crippen LogP) is 13.1. The molecule has 0 aliphatic heterocycles. The summed E-state index contributed by atoms with van der Waals surface area (Å²) >= 11 is 0. The van der Waals surface area contributed by atoms with Crippen molar-refractivity contribution in [3.05, 3.63) is 181 Å². The number of para-hydroxylation sites is 1. The van der Waals surface area contributed by atoms with Crippen LogP contribution >= 0.6 is 0 Å². The third-order valence-electron chi connectivity index (χ3n) is 10.6. The highest BCUT2D eigenvalue weighted by Crippen LogP contribution is 2.48. The van der Waals surface area contributed by atoms with E-state index in [9.17, 15) is 0 Å². The molecule has 0 bridgehead atoms. The minimum absolute atomic E-state index is 0.787. The molecule has 10 rings (SSSR count). The van der Waals surface area contributed by atoms with Gasteiger partial charge in [-0.05, 0) is 109 Å². The van der Waals surface area contributed by atoms with Crippen molar-refractivity contribution in [2.75, 3.05) is 0 Å². The quantitative estimate of drug-likeness (QED) is 0.169. The van der Waals surface area contributed by atoms with Gasteiger partial charge in [-0.15, -0.1) is 0 Å². The van der Waals surface area contributed by atoms with Crippen molar-refractivity contribution in [3.8, 4) is 44.5 Å². The van der Waals surface area contributed by atoms with Crippen molar-refractivity contribution in [3.63, 3.8) is 0 Å². The van der Waals surface area contributed by atoms with Gasteiger partial charge in [-0.25, -0.2) is 0 Å². The topological polar surface area (TPSA) is 26.3 Å². The van der Waals surface area contributed by atoms with Crippen LogP contribution in [0, 0.1) is 0 Å². The third kappa shape index (κ3) is 4.95. The molecule has 0 atom stereocenters. The molecule has 8 aromatic carbocycles. The number of allylic oxidation sites excluding steroid dienone is 2. The van der Waals surface area contributed by atoms with Crippen LogP contribution < -0.4 is 10.6 Å². The second-order valence-corrected chi connectivity index (χ2v) is 13.6. The van der Waals surface area contributed by atoms with Gasteiger partial charge in [0, 0.05) is 21.4 Å². The maximum atomic E-state index is 6.20. The average molecular weight is 679 g/mol. The van der Waals surface area contributed by atoms with Crippen molar-refractivity contribution < 1.29 is 8.83 Å². The fourth-order valence-corrected chi connectivity index (χ4v) is 8.16. The summed E-state index contributed by atoms with van der Waals surface area (Å²) in [5.74, 6) is 0. The first kappa shape index (κ1) is 30.9. The van der Waals surface area contributed by atoms with Gasteiger partial charge in [-0.3, -0.25) is 0 Å². The molecule has 0 spiro atoms. The Bertz CT molecular complexity index is 3150. The lowest BCUT2D eigenvalue weighted by Crippen LogP contribution is -2.17. The Morgan fingerprint density at radius 2 is 0.849 bits per heavy atom. The Labute approximate surface area is 306 Å². The average Bonchev–Trinajstić information content (AvgIpc) is 3.75. The van der Waals surface area contributed by atoms with Crippen molar-refractivity contribution in [1.29, 1.82) is 0 Å². The van der Waals surface area contributed by atoms with Gasteiger partial charge in [0.05, 0.1) is 0 Å². The summed E-state index contributed by atoms with van der Waals surface area (Å²) in [6, 6.07) is 56.7. The van der Waals surface area contributed by atoms with E-state index in [-0.39, 0.29) is 0 Å². The van der Waals surface area contributed by atoms with Gasteiger partial charge in [0.2, 0.25) is 0 Å². The van der Waals surface area contributed by atoms with Crippen LogP contribution in [0.15, 0.2) is 179 Å². The molecule has 0 saturated heterocycles. The molecule has 0 aliphatic carbocycles. The van der Waals surface area contributed by atoms with E-state index in [0.29, 0.717) is 0 Å². The van der Waals surface area contributed by atoms with Crippen molar-refractivity contribution in [1.82, 2.24) is 0 Å². The van der Waals surface area contributed by atoms with Crippen LogP contribution in [0.2, 0.25) is 0 Å². The van der Waals surface area contributed by atoms with E-state index in [4.69, 9.17) is 8.83 Å². The van der Waals surface area contributed by atoms with Crippen LogP contribution in [0.5, 0.6) is 0 Å². The molecule has 0 unspecified atom stereocenters. The lowest BCUT2D eigenvalue weighted by molar-refractivity contribution is 0.576. The number of hydrogen-bond acceptors (Lipinski definition) is 2. The predicted molar refractivity (Wildman–Crippen MR) is 224 cm³/mol. The maximum absolute atomic E-state index is 6.20. The number of fused-ring (bicyclic) bond motifs is 6. The zero-order valence-corrected chi connectivity index (χ0v) is 29.3. The van der Waals surface area contributed by atoms with E-state index in [1.165, 1.54) is 49.4 Å². The Hall–Kier alpha value is -6.90. The molecule has 10 aromatic rings. The maximum Gasteiger partial charge on any atom is 0.135 e. The van der Waals surface area contributed by atoms with Crippen molar-refractivity contribution in [2.45, 2.75) is 6.92 Å². The van der Waals surface area contributed by atoms with Crippen LogP contribution in [0.4, 0.5) is 0 Å². The molecule has 0 aliphatic rings. The van der Waals surface area contributed by atoms with E-state index in [1.54, 1.807) is 0 Å². The molecule has 0 N–H and O–H groups in total. The smallest absolute Gasteiger partial charge is 0.135 e. The lowest BCUT2D eigenvalue weighted by Gasteiger charge is -2.21. The SMILES string of the molecule is C=c1/c(=C\C=C/C)oc2ccc(-c3ccccc3-c3c4ccccc4c(-c4ccccc4-c4ccc5oc6ccccc6c5c4)c4ccccc34)cc12. The van der Waals surface area contributed by atoms with Gasteiger partial charge in [-0.2, -0.15) is 0 Å². The number of hydrogen-bond donors (Lipinski definition) is 0. The minimum Gasteiger partial charge on any atom is -0.456 e. The Balaban J connectivity index is 1.22. The molecule has 2 nitrogen and oxygen atoms in total. The molecule has 53 heavy (non-hydrogen) atoms. The zero-order chi connectivity index (χ0) is 35.5. The first-order chi connectivity index (χ1) is 26.2. The summed E-state index contributed by atoms with van der Waals surface area (Å²) in [7, 11) is 0. The van der Waals surface area contributed by atoms with Crippen LogP contribution in [0.3, 0.4) is 0 Å². The van der Waals surface area contributed by atoms with Crippen molar-refractivity contribution >= 4 is 67.1 Å². The molecule has 2 heterocycles. The highest BCUT2D eigenvalue weighted by molar-refractivity contribution is 6.23. The Morgan fingerprint density at radius 3 is 1.40 bits per heavy atom. The fourth-order valence-electron chi connectivity index (χ4n) is 8.16. The summed E-state index contributed by atoms with van der Waals surface area (Å²) in [4.78, 5) is 0. The summed E-state index contributed by atoms with van der Waals surface area (Å²) in [5.41, 5.74) is 12.9. The van der Waals surface area contributed by atoms with Gasteiger partial charge in [0.1, 0.15) is 22.2 Å². The van der Waals surface area contributed by atoms with E-state index in [1.807, 2.05) is 37.3 Å². The normalized spacial score (nSPS) is 12.4. The summed E-state index contributed by atoms with van der Waals surface area (Å²) in [6.07, 6.45) is 5.96. The minimum atomic E-state index is 0.787. The van der Waals surface area contributed by atoms with Gasteiger partial charge < -0.3 is 8.83 Å². The second-order valence-electron chi connectivity index (χ2n) is 13.6. The molecular weight excluding hydrogens is 645 g/mol. The molecule has 250 valence electrons. The molecular formula is C51H34O2. The molecule has 0 fully saturated rings. The third-order valence-corrected chi connectivity index (χ3v) is 10.6. The van der Waals surface area contributed by atoms with E-state index >= 15 is 0 Å². The number of rotatable bonds is 5. The second kappa shape index (κ2) is 12.4. The number of furan rings is 2. The van der Waals surface area contributed by atoms with Gasteiger partial charge in [-0.1, -0.05) is 146 Å². The van der Waals surface area contributed by atoms with E-state index < -0.39 is 0 Å². The Kier molecular flexibility index (Phi) is 7.23. The largest absolute Gasteiger partial charge is 0.456 e. The van der Waals surface area contributed by atoms with Crippen LogP contribution in [-0.2, 0) is 0 Å². The van der Waals surface area contributed by atoms with Crippen LogP contribution in [-0.4, -0.2) is 0 Å². The van der Waals surface area contributed by atoms with Gasteiger partial charge in [0.25, 0.3) is 0 Å². The zero-order valence-electron chi connectivity index (χ0n) is 29.3. The van der Waals surface area contributed by atoms with Crippen LogP contribution in [0.1, 0.15) is 6.92 Å². The van der Waals surface area contributed by atoms with E-state index in [2.05, 4.69) is 152 Å². The summed E-state index contributed by atoms with van der Waals surface area (Å²) in [6.45, 7) is 6.39. The number of benzene rings is 8. The first-order valence-corrected chi connectivity index (χ1v) is 18.1. The Morgan fingerprint density at radius 1 is 0.415 bits per heavy atom. The fraction of sp³-hybridized carbons (Fsp3) is 0.0196. The van der Waals surface area contributed by atoms with Gasteiger partial charge in [0.15, 0.2) is 0 Å². The molecule has 2 heteroatoms. The monoisotopic (exact) mass is 678 g/mol. The molecule has 0 amide bonds. The standard InChI is InChI=1S/C51H34O2/c1-3-4-24-46-32(2)44-30-33(26-28-48(44)52-46)35-15-5-7-18-38(35)50-40-20-9-11-22-42(40)51(43-23-12-10-21-41(43)50)39-19-8-6-16-36(39)34-27-29-49-45(31-34)37-17-13-14-25-47(37)53-49/h3-31H,2H2,1H3/b4-3-,46-24+. The molecule has 0 radical (unpaired) electrons. The molecule has 2 aromatic heterocycles. The van der Waals surface area contributed by atoms with Crippen LogP contribution in [0.25, 0.3) is 112 Å². The molecule has 0 saturated carbocycles. The summed E-state index contributed by atoms with van der Waals surface area (Å²) < 4.78 is 12.4. The summed E-state index contributed by atoms with van der Waals surface area (Å²) in [5, 5.41) is 9.04. The lowest BCUT2D eigenvalue weighted by atomic mass is 9.82. The highest BCUT2D eigenvalue weighted by atomic mass is 16.3. The van der Waals surface area contributed by atoms with Gasteiger partial charge >= 0.3 is 0 Å². The highest BCUT2D eigenvalue weighted by Gasteiger charge is 2.21. The van der Waals surface area contributed by atoms with Crippen molar-refractivity contribution in [2.24, 2.45) is 0 Å². The first-order valence-electron chi connectivity index (χ1n) is 18.1.